The van der Waals surface area contributed by atoms with Gasteiger partial charge in [-0.15, -0.1) is 11.3 Å². The molecule has 1 aromatic heterocycles. The summed E-state index contributed by atoms with van der Waals surface area (Å²) >= 11 is 1.53. The molecule has 0 radical (unpaired) electrons. The number of benzene rings is 3. The summed E-state index contributed by atoms with van der Waals surface area (Å²) in [7, 11) is 0. The monoisotopic (exact) mass is 355 g/mol. The molecule has 4 heteroatoms. The fourth-order valence-corrected chi connectivity index (χ4v) is 3.53. The minimum atomic E-state index is -0.965. The number of hydrogen-bond donors (Lipinski definition) is 1. The van der Waals surface area contributed by atoms with E-state index in [9.17, 15) is 9.90 Å². The molecule has 26 heavy (non-hydrogen) atoms. The van der Waals surface area contributed by atoms with Gasteiger partial charge in [-0.05, 0) is 42.0 Å². The van der Waals surface area contributed by atoms with Gasteiger partial charge in [-0.3, -0.25) is 0 Å². The van der Waals surface area contributed by atoms with Gasteiger partial charge < -0.3 is 5.11 Å². The summed E-state index contributed by atoms with van der Waals surface area (Å²) in [5.74, 6) is 5.29. The first kappa shape index (κ1) is 16.1. The van der Waals surface area contributed by atoms with Crippen molar-refractivity contribution >= 4 is 27.5 Å². The number of carboxylic acid groups (broad SMARTS) is 1. The summed E-state index contributed by atoms with van der Waals surface area (Å²) < 4.78 is 1.02. The first-order chi connectivity index (χ1) is 12.7. The average Bonchev–Trinajstić information content (AvgIpc) is 3.14. The van der Waals surface area contributed by atoms with E-state index in [1.165, 1.54) is 11.3 Å². The molecule has 0 aliphatic heterocycles. The second kappa shape index (κ2) is 6.83. The van der Waals surface area contributed by atoms with Crippen LogP contribution in [0.3, 0.4) is 0 Å². The van der Waals surface area contributed by atoms with E-state index in [-0.39, 0.29) is 5.56 Å². The molecule has 4 aromatic rings. The lowest BCUT2D eigenvalue weighted by atomic mass is 9.94. The Morgan fingerprint density at radius 1 is 0.962 bits per heavy atom. The smallest absolute Gasteiger partial charge is 0.336 e. The summed E-state index contributed by atoms with van der Waals surface area (Å²) in [4.78, 5) is 16.1. The molecular weight excluding hydrogens is 342 g/mol. The van der Waals surface area contributed by atoms with Crippen LogP contribution in [-0.2, 0) is 0 Å². The van der Waals surface area contributed by atoms with Gasteiger partial charge in [0.2, 0.25) is 0 Å². The highest BCUT2D eigenvalue weighted by molar-refractivity contribution is 7.16. The van der Waals surface area contributed by atoms with Crippen LogP contribution in [0.4, 0.5) is 0 Å². The number of aromatic nitrogens is 1. The highest BCUT2D eigenvalue weighted by atomic mass is 32.1. The number of rotatable bonds is 2. The van der Waals surface area contributed by atoms with E-state index in [1.54, 1.807) is 17.6 Å². The molecule has 3 aromatic carbocycles. The van der Waals surface area contributed by atoms with E-state index < -0.39 is 5.97 Å². The van der Waals surface area contributed by atoms with Crippen molar-refractivity contribution in [2.45, 2.75) is 0 Å². The van der Waals surface area contributed by atoms with Crippen LogP contribution in [0.1, 0.15) is 21.5 Å². The van der Waals surface area contributed by atoms with E-state index in [0.29, 0.717) is 11.1 Å². The molecule has 1 N–H and O–H groups in total. The molecule has 0 atom stereocenters. The molecule has 3 nitrogen and oxygen atoms in total. The molecule has 0 spiro atoms. The van der Waals surface area contributed by atoms with Gasteiger partial charge in [0.15, 0.2) is 0 Å². The maximum atomic E-state index is 11.8. The van der Waals surface area contributed by atoms with E-state index in [1.807, 2.05) is 54.6 Å². The van der Waals surface area contributed by atoms with Crippen LogP contribution in [0.2, 0.25) is 0 Å². The summed E-state index contributed by atoms with van der Waals surface area (Å²) in [6, 6.07) is 20.6. The van der Waals surface area contributed by atoms with Crippen LogP contribution >= 0.6 is 11.3 Å². The van der Waals surface area contributed by atoms with Gasteiger partial charge in [-0.2, -0.15) is 0 Å². The Balaban J connectivity index is 1.91. The zero-order valence-electron chi connectivity index (χ0n) is 13.6. The molecule has 0 fully saturated rings. The third kappa shape index (κ3) is 3.08. The van der Waals surface area contributed by atoms with Gasteiger partial charge in [0.05, 0.1) is 21.3 Å². The van der Waals surface area contributed by atoms with E-state index in [2.05, 4.69) is 16.8 Å². The van der Waals surface area contributed by atoms with Crippen molar-refractivity contribution < 1.29 is 9.90 Å². The molecule has 0 saturated carbocycles. The molecular formula is C22H13NO2S. The van der Waals surface area contributed by atoms with Crippen LogP contribution in [0, 0.1) is 11.8 Å². The van der Waals surface area contributed by atoms with Crippen molar-refractivity contribution in [2.75, 3.05) is 0 Å². The number of aromatic carboxylic acids is 1. The Hall–Kier alpha value is -3.42. The van der Waals surface area contributed by atoms with Crippen LogP contribution in [0.5, 0.6) is 0 Å². The SMILES string of the molecule is O=C(O)c1cccc(C#Cc2ccccc2)c1-c1ccc2ncsc2c1. The minimum absolute atomic E-state index is 0.244. The number of carboxylic acids is 1. The molecule has 4 rings (SSSR count). The highest BCUT2D eigenvalue weighted by Gasteiger charge is 2.15. The van der Waals surface area contributed by atoms with Gasteiger partial charge in [0.1, 0.15) is 0 Å². The Bertz CT molecular complexity index is 1170. The fourth-order valence-electron chi connectivity index (χ4n) is 2.82. The van der Waals surface area contributed by atoms with Gasteiger partial charge >= 0.3 is 5.97 Å². The highest BCUT2D eigenvalue weighted by Crippen LogP contribution is 2.31. The average molecular weight is 355 g/mol. The second-order valence-corrected chi connectivity index (χ2v) is 6.57. The van der Waals surface area contributed by atoms with E-state index in [4.69, 9.17) is 0 Å². The molecule has 124 valence electrons. The van der Waals surface area contributed by atoms with Crippen molar-refractivity contribution in [2.24, 2.45) is 0 Å². The van der Waals surface area contributed by atoms with E-state index in [0.717, 1.165) is 21.3 Å². The Kier molecular flexibility index (Phi) is 4.22. The van der Waals surface area contributed by atoms with Crippen molar-refractivity contribution in [1.29, 1.82) is 0 Å². The lowest BCUT2D eigenvalue weighted by Gasteiger charge is -2.09. The van der Waals surface area contributed by atoms with Gasteiger partial charge in [-0.25, -0.2) is 9.78 Å². The molecule has 1 heterocycles. The minimum Gasteiger partial charge on any atom is -0.478 e. The maximum absolute atomic E-state index is 11.8. The van der Waals surface area contributed by atoms with Crippen LogP contribution < -0.4 is 0 Å². The van der Waals surface area contributed by atoms with Gasteiger partial charge in [0.25, 0.3) is 0 Å². The Morgan fingerprint density at radius 2 is 1.81 bits per heavy atom. The van der Waals surface area contributed by atoms with Crippen LogP contribution in [0.15, 0.2) is 72.2 Å². The lowest BCUT2D eigenvalue weighted by Crippen LogP contribution is -2.01. The van der Waals surface area contributed by atoms with Crippen LogP contribution in [-0.4, -0.2) is 16.1 Å². The van der Waals surface area contributed by atoms with E-state index >= 15 is 0 Å². The first-order valence-electron chi connectivity index (χ1n) is 7.99. The van der Waals surface area contributed by atoms with Crippen molar-refractivity contribution in [1.82, 2.24) is 4.98 Å². The fraction of sp³-hybridized carbons (Fsp3) is 0. The lowest BCUT2D eigenvalue weighted by molar-refractivity contribution is 0.0697. The number of nitrogens with zero attached hydrogens (tertiary/aromatic N) is 1. The number of carbonyl (C=O) groups is 1. The summed E-state index contributed by atoms with van der Waals surface area (Å²) in [6.07, 6.45) is 0. The standard InChI is InChI=1S/C22H13NO2S/c24-22(25)18-8-4-7-16(10-9-15-5-2-1-3-6-15)21(18)17-11-12-19-20(13-17)26-14-23-19/h1-8,11-14H,(H,24,25). The van der Waals surface area contributed by atoms with Crippen molar-refractivity contribution in [3.05, 3.63) is 88.9 Å². The predicted octanol–water partition coefficient (Wildman–Crippen LogP) is 5.06. The summed E-state index contributed by atoms with van der Waals surface area (Å²) in [5, 5.41) is 9.65. The third-order valence-electron chi connectivity index (χ3n) is 4.03. The number of hydrogen-bond acceptors (Lipinski definition) is 3. The molecule has 0 aliphatic carbocycles. The largest absolute Gasteiger partial charge is 0.478 e. The summed E-state index contributed by atoms with van der Waals surface area (Å²) in [5.41, 5.74) is 5.98. The number of fused-ring (bicyclic) bond motifs is 1. The molecule has 0 unspecified atom stereocenters. The molecule has 0 aliphatic rings. The predicted molar refractivity (Wildman–Crippen MR) is 104 cm³/mol. The zero-order valence-corrected chi connectivity index (χ0v) is 14.5. The Labute approximate surface area is 154 Å². The molecule has 0 bridgehead atoms. The van der Waals surface area contributed by atoms with Gasteiger partial charge in [0, 0.05) is 16.7 Å². The van der Waals surface area contributed by atoms with Crippen LogP contribution in [0.25, 0.3) is 21.3 Å². The number of thiazole rings is 1. The normalized spacial score (nSPS) is 10.3. The third-order valence-corrected chi connectivity index (χ3v) is 4.82. The second-order valence-electron chi connectivity index (χ2n) is 5.68. The first-order valence-corrected chi connectivity index (χ1v) is 8.87. The van der Waals surface area contributed by atoms with Crippen molar-refractivity contribution in [3.63, 3.8) is 0 Å². The molecule has 0 saturated heterocycles. The van der Waals surface area contributed by atoms with Gasteiger partial charge in [-0.1, -0.05) is 42.2 Å². The quantitative estimate of drug-likeness (QED) is 0.511. The topological polar surface area (TPSA) is 50.2 Å². The maximum Gasteiger partial charge on any atom is 0.336 e. The Morgan fingerprint density at radius 3 is 2.62 bits per heavy atom. The summed E-state index contributed by atoms with van der Waals surface area (Å²) in [6.45, 7) is 0. The zero-order chi connectivity index (χ0) is 17.9. The van der Waals surface area contributed by atoms with Crippen molar-refractivity contribution in [3.8, 4) is 23.0 Å². The molecule has 0 amide bonds.